The first-order valence-corrected chi connectivity index (χ1v) is 3.06. The van der Waals surface area contributed by atoms with Gasteiger partial charge in [-0.15, -0.1) is 0 Å². The maximum atomic E-state index is 4.05. The molecule has 0 aliphatic carbocycles. The fourth-order valence-electron chi connectivity index (χ4n) is 0.353. The van der Waals surface area contributed by atoms with Crippen molar-refractivity contribution in [2.45, 2.75) is 20.8 Å². The minimum atomic E-state index is 1.08. The summed E-state index contributed by atoms with van der Waals surface area (Å²) >= 11 is 0. The third-order valence-corrected chi connectivity index (χ3v) is 0.722. The number of nitrogens with zero attached hydrogens (tertiary/aromatic N) is 1. The second-order valence-corrected chi connectivity index (χ2v) is 1.94. The predicted octanol–water partition coefficient (Wildman–Crippen LogP) is 2.56. The molecule has 0 aliphatic rings. The molecule has 1 nitrogen and oxygen atoms in total. The van der Waals surface area contributed by atoms with Crippen molar-refractivity contribution in [1.29, 1.82) is 0 Å². The van der Waals surface area contributed by atoms with Crippen LogP contribution in [0.1, 0.15) is 20.8 Å². The lowest BCUT2D eigenvalue weighted by Gasteiger charge is -1.79. The first-order valence-electron chi connectivity index (χ1n) is 3.06. The molecule has 0 aromatic carbocycles. The third kappa shape index (κ3) is 7.15. The van der Waals surface area contributed by atoms with Crippen LogP contribution in [0.25, 0.3) is 0 Å². The van der Waals surface area contributed by atoms with Gasteiger partial charge in [-0.3, -0.25) is 4.99 Å². The van der Waals surface area contributed by atoms with Gasteiger partial charge in [-0.2, -0.15) is 0 Å². The molecular formula is C8H13N. The van der Waals surface area contributed by atoms with Crippen LogP contribution in [0.15, 0.2) is 29.4 Å². The normalized spacial score (nSPS) is 11.0. The Balaban J connectivity index is 3.60. The Bertz CT molecular complexity index is 137. The lowest BCUT2D eigenvalue weighted by atomic mass is 10.5. The van der Waals surface area contributed by atoms with E-state index in [9.17, 15) is 0 Å². The van der Waals surface area contributed by atoms with Crippen LogP contribution in [0, 0.1) is 0 Å². The third-order valence-electron chi connectivity index (χ3n) is 0.722. The van der Waals surface area contributed by atoms with Crippen LogP contribution < -0.4 is 0 Å². The first kappa shape index (κ1) is 8.15. The number of hydrogen-bond acceptors (Lipinski definition) is 1. The molecule has 0 spiro atoms. The second-order valence-electron chi connectivity index (χ2n) is 1.94. The van der Waals surface area contributed by atoms with Crippen LogP contribution >= 0.6 is 0 Å². The van der Waals surface area contributed by atoms with Gasteiger partial charge in [0.1, 0.15) is 0 Å². The summed E-state index contributed by atoms with van der Waals surface area (Å²) in [7, 11) is 0. The molecule has 0 radical (unpaired) electrons. The topological polar surface area (TPSA) is 12.4 Å². The van der Waals surface area contributed by atoms with E-state index in [-0.39, 0.29) is 0 Å². The van der Waals surface area contributed by atoms with Crippen LogP contribution in [0.4, 0.5) is 0 Å². The zero-order valence-corrected chi connectivity index (χ0v) is 6.26. The number of hydrogen-bond donors (Lipinski definition) is 0. The Morgan fingerprint density at radius 1 is 1.22 bits per heavy atom. The minimum absolute atomic E-state index is 1.08. The van der Waals surface area contributed by atoms with Gasteiger partial charge in [-0.25, -0.2) is 0 Å². The van der Waals surface area contributed by atoms with Gasteiger partial charge in [-0.1, -0.05) is 12.2 Å². The molecule has 0 bridgehead atoms. The van der Waals surface area contributed by atoms with E-state index in [0.29, 0.717) is 0 Å². The summed E-state index contributed by atoms with van der Waals surface area (Å²) in [6, 6.07) is 0. The van der Waals surface area contributed by atoms with Gasteiger partial charge >= 0.3 is 0 Å². The van der Waals surface area contributed by atoms with Gasteiger partial charge in [0.25, 0.3) is 0 Å². The van der Waals surface area contributed by atoms with E-state index in [1.54, 1.807) is 6.20 Å². The molecule has 50 valence electrons. The average molecular weight is 123 g/mol. The Kier molecular flexibility index (Phi) is 4.79. The van der Waals surface area contributed by atoms with Crippen LogP contribution in [-0.4, -0.2) is 5.71 Å². The lowest BCUT2D eigenvalue weighted by molar-refractivity contribution is 1.50. The zero-order valence-electron chi connectivity index (χ0n) is 6.26. The summed E-state index contributed by atoms with van der Waals surface area (Å²) in [6.07, 6.45) is 7.62. The molecule has 0 aromatic heterocycles. The Morgan fingerprint density at radius 3 is 2.33 bits per heavy atom. The van der Waals surface area contributed by atoms with Crippen molar-refractivity contribution in [3.8, 4) is 0 Å². The van der Waals surface area contributed by atoms with E-state index in [2.05, 4.69) is 4.99 Å². The van der Waals surface area contributed by atoms with Gasteiger partial charge < -0.3 is 0 Å². The van der Waals surface area contributed by atoms with Gasteiger partial charge in [0, 0.05) is 11.9 Å². The summed E-state index contributed by atoms with van der Waals surface area (Å²) in [5.41, 5.74) is 1.08. The Labute approximate surface area is 56.8 Å². The van der Waals surface area contributed by atoms with Gasteiger partial charge in [0.05, 0.1) is 0 Å². The molecule has 0 rings (SSSR count). The standard InChI is InChI=1S/C8H13N/c1-4-5-6-7-9-8(2)3/h4-7H,1-3H3/b5-4-,7-6-. The lowest BCUT2D eigenvalue weighted by Crippen LogP contribution is -1.74. The number of rotatable bonds is 2. The van der Waals surface area contributed by atoms with Gasteiger partial charge in [0.15, 0.2) is 0 Å². The highest BCUT2D eigenvalue weighted by Gasteiger charge is 1.67. The molecule has 0 N–H and O–H groups in total. The summed E-state index contributed by atoms with van der Waals surface area (Å²) in [5, 5.41) is 0. The largest absolute Gasteiger partial charge is 0.266 e. The average Bonchev–Trinajstić information content (AvgIpc) is 1.80. The molecule has 0 saturated heterocycles. The molecule has 0 fully saturated rings. The van der Waals surface area contributed by atoms with Crippen molar-refractivity contribution in [1.82, 2.24) is 0 Å². The minimum Gasteiger partial charge on any atom is -0.266 e. The Morgan fingerprint density at radius 2 is 1.89 bits per heavy atom. The monoisotopic (exact) mass is 123 g/mol. The summed E-state index contributed by atoms with van der Waals surface area (Å²) in [5.74, 6) is 0. The maximum absolute atomic E-state index is 4.05. The predicted molar refractivity (Wildman–Crippen MR) is 42.7 cm³/mol. The molecule has 0 aliphatic heterocycles. The number of aliphatic imine (C=N–C) groups is 1. The summed E-state index contributed by atoms with van der Waals surface area (Å²) in [4.78, 5) is 4.05. The molecule has 0 amide bonds. The van der Waals surface area contributed by atoms with Crippen molar-refractivity contribution in [2.75, 3.05) is 0 Å². The van der Waals surface area contributed by atoms with Crippen molar-refractivity contribution in [3.05, 3.63) is 24.4 Å². The van der Waals surface area contributed by atoms with Crippen LogP contribution in [-0.2, 0) is 0 Å². The van der Waals surface area contributed by atoms with E-state index >= 15 is 0 Å². The Hall–Kier alpha value is -0.850. The molecule has 0 saturated carbocycles. The van der Waals surface area contributed by atoms with Crippen LogP contribution in [0.5, 0.6) is 0 Å². The second kappa shape index (κ2) is 5.29. The van der Waals surface area contributed by atoms with Crippen molar-refractivity contribution >= 4 is 5.71 Å². The molecule has 0 atom stereocenters. The highest BCUT2D eigenvalue weighted by atomic mass is 14.7. The summed E-state index contributed by atoms with van der Waals surface area (Å²) < 4.78 is 0. The molecule has 9 heavy (non-hydrogen) atoms. The summed E-state index contributed by atoms with van der Waals surface area (Å²) in [6.45, 7) is 5.92. The molecule has 0 aromatic rings. The van der Waals surface area contributed by atoms with E-state index in [1.165, 1.54) is 0 Å². The van der Waals surface area contributed by atoms with Gasteiger partial charge in [0.2, 0.25) is 0 Å². The molecule has 1 heteroatoms. The van der Waals surface area contributed by atoms with Crippen LogP contribution in [0.2, 0.25) is 0 Å². The van der Waals surface area contributed by atoms with Crippen molar-refractivity contribution in [2.24, 2.45) is 4.99 Å². The smallest absolute Gasteiger partial charge is 0.0266 e. The molecular weight excluding hydrogens is 110 g/mol. The van der Waals surface area contributed by atoms with E-state index < -0.39 is 0 Å². The van der Waals surface area contributed by atoms with Crippen LogP contribution in [0.3, 0.4) is 0 Å². The zero-order chi connectivity index (χ0) is 7.11. The van der Waals surface area contributed by atoms with Gasteiger partial charge in [-0.05, 0) is 26.8 Å². The number of allylic oxidation sites excluding steroid dienone is 3. The molecule has 0 heterocycles. The van der Waals surface area contributed by atoms with Crippen molar-refractivity contribution < 1.29 is 0 Å². The fourth-order valence-corrected chi connectivity index (χ4v) is 0.353. The highest BCUT2D eigenvalue weighted by molar-refractivity contribution is 5.79. The quantitative estimate of drug-likeness (QED) is 0.395. The van der Waals surface area contributed by atoms with E-state index in [4.69, 9.17) is 0 Å². The highest BCUT2D eigenvalue weighted by Crippen LogP contribution is 1.80. The fraction of sp³-hybridized carbons (Fsp3) is 0.375. The molecule has 0 unspecified atom stereocenters. The SMILES string of the molecule is C/C=C\C=C/N=C(C)C. The first-order chi connectivity index (χ1) is 4.27. The maximum Gasteiger partial charge on any atom is 0.0266 e. The van der Waals surface area contributed by atoms with E-state index in [0.717, 1.165) is 5.71 Å². The van der Waals surface area contributed by atoms with E-state index in [1.807, 2.05) is 39.0 Å². The van der Waals surface area contributed by atoms with Crippen molar-refractivity contribution in [3.63, 3.8) is 0 Å².